The maximum absolute atomic E-state index is 13.4. The molecule has 0 spiro atoms. The van der Waals surface area contributed by atoms with E-state index in [4.69, 9.17) is 0 Å². The Balaban J connectivity index is 1.61. The smallest absolute Gasteiger partial charge is 0.344 e. The Bertz CT molecular complexity index is 1700. The first-order chi connectivity index (χ1) is 17.5. The van der Waals surface area contributed by atoms with Crippen LogP contribution in [0.15, 0.2) is 71.8 Å². The minimum absolute atomic E-state index is 0.238. The van der Waals surface area contributed by atoms with Gasteiger partial charge in [-0.05, 0) is 61.5 Å². The lowest BCUT2D eigenvalue weighted by molar-refractivity contribution is -0.137. The molecule has 7 nitrogen and oxygen atoms in total. The SMILES string of the molecule is C[C@@H](NC(=O)c1ccc2c(c1)c1nn(C)cc1c(=O)n2-c1ccc(C(F)(F)F)cc1)c1ccc(F)cn1. The Morgan fingerprint density at radius 2 is 1.76 bits per heavy atom. The summed E-state index contributed by atoms with van der Waals surface area (Å²) in [6.07, 6.45) is -1.93. The standard InChI is InChI=1S/C26H19F4N5O2/c1-14(21-9-6-17(27)12-31-21)32-24(36)15-3-10-22-19(11-15)23-20(13-34(2)33-23)25(37)35(22)18-7-4-16(5-8-18)26(28,29)30/h3-14H,1-2H3,(H,32,36)/t14-/m1/s1. The number of alkyl halides is 3. The molecule has 2 aromatic carbocycles. The zero-order valence-corrected chi connectivity index (χ0v) is 19.5. The summed E-state index contributed by atoms with van der Waals surface area (Å²) in [7, 11) is 1.64. The first kappa shape index (κ1) is 24.2. The molecule has 0 bridgehead atoms. The predicted octanol–water partition coefficient (Wildman–Crippen LogP) is 4.92. The van der Waals surface area contributed by atoms with Crippen LogP contribution in [0.2, 0.25) is 0 Å². The molecule has 1 N–H and O–H groups in total. The maximum Gasteiger partial charge on any atom is 0.416 e. The van der Waals surface area contributed by atoms with Gasteiger partial charge in [0, 0.05) is 29.9 Å². The van der Waals surface area contributed by atoms with Crippen molar-refractivity contribution >= 4 is 27.7 Å². The van der Waals surface area contributed by atoms with Gasteiger partial charge in [0.15, 0.2) is 0 Å². The first-order valence-electron chi connectivity index (χ1n) is 11.1. The Morgan fingerprint density at radius 3 is 2.41 bits per heavy atom. The minimum atomic E-state index is -4.51. The summed E-state index contributed by atoms with van der Waals surface area (Å²) in [6.45, 7) is 1.71. The van der Waals surface area contributed by atoms with E-state index in [9.17, 15) is 27.2 Å². The van der Waals surface area contributed by atoms with Gasteiger partial charge in [-0.25, -0.2) is 4.39 Å². The number of hydrogen-bond donors (Lipinski definition) is 1. The van der Waals surface area contributed by atoms with Gasteiger partial charge < -0.3 is 5.32 Å². The minimum Gasteiger partial charge on any atom is -0.344 e. The van der Waals surface area contributed by atoms with Crippen molar-refractivity contribution in [3.63, 3.8) is 0 Å². The Kier molecular flexibility index (Phi) is 5.77. The number of fused-ring (bicyclic) bond motifs is 3. The van der Waals surface area contributed by atoms with E-state index in [1.165, 1.54) is 45.8 Å². The fourth-order valence-electron chi connectivity index (χ4n) is 4.19. The third kappa shape index (κ3) is 4.44. The number of rotatable bonds is 4. The number of aryl methyl sites for hydroxylation is 1. The second kappa shape index (κ2) is 8.84. The third-order valence-corrected chi connectivity index (χ3v) is 6.01. The molecule has 188 valence electrons. The number of amides is 1. The summed E-state index contributed by atoms with van der Waals surface area (Å²) in [4.78, 5) is 30.4. The van der Waals surface area contributed by atoms with Gasteiger partial charge in [0.25, 0.3) is 11.5 Å². The maximum atomic E-state index is 13.4. The van der Waals surface area contributed by atoms with E-state index < -0.39 is 35.1 Å². The molecule has 5 rings (SSSR count). The fraction of sp³-hybridized carbons (Fsp3) is 0.154. The van der Waals surface area contributed by atoms with Gasteiger partial charge in [-0.3, -0.25) is 23.8 Å². The van der Waals surface area contributed by atoms with E-state index in [1.54, 1.807) is 26.1 Å². The molecule has 1 atom stereocenters. The van der Waals surface area contributed by atoms with Crippen LogP contribution in [-0.2, 0) is 13.2 Å². The van der Waals surface area contributed by atoms with Gasteiger partial charge in [-0.2, -0.15) is 18.3 Å². The number of pyridine rings is 2. The highest BCUT2D eigenvalue weighted by Gasteiger charge is 2.30. The number of carbonyl (C=O) groups excluding carboxylic acids is 1. The average Bonchev–Trinajstić information content (AvgIpc) is 3.26. The number of hydrogen-bond acceptors (Lipinski definition) is 4. The molecule has 0 unspecified atom stereocenters. The van der Waals surface area contributed by atoms with Crippen molar-refractivity contribution in [1.29, 1.82) is 0 Å². The van der Waals surface area contributed by atoms with Crippen LogP contribution in [0.4, 0.5) is 17.6 Å². The molecule has 3 aromatic heterocycles. The second-order valence-electron chi connectivity index (χ2n) is 8.58. The number of halogens is 4. The summed E-state index contributed by atoms with van der Waals surface area (Å²) in [6, 6.07) is 11.1. The Morgan fingerprint density at radius 1 is 1.03 bits per heavy atom. The predicted molar refractivity (Wildman–Crippen MR) is 129 cm³/mol. The fourth-order valence-corrected chi connectivity index (χ4v) is 4.19. The van der Waals surface area contributed by atoms with Crippen molar-refractivity contribution in [2.45, 2.75) is 19.1 Å². The van der Waals surface area contributed by atoms with Crippen LogP contribution in [0.25, 0.3) is 27.5 Å². The van der Waals surface area contributed by atoms with Gasteiger partial charge in [-0.15, -0.1) is 0 Å². The molecule has 3 heterocycles. The quantitative estimate of drug-likeness (QED) is 0.349. The van der Waals surface area contributed by atoms with E-state index in [0.29, 0.717) is 22.1 Å². The Hall–Kier alpha value is -4.54. The number of benzene rings is 2. The lowest BCUT2D eigenvalue weighted by atomic mass is 10.1. The van der Waals surface area contributed by atoms with Crippen LogP contribution < -0.4 is 10.9 Å². The van der Waals surface area contributed by atoms with Crippen molar-refractivity contribution in [2.75, 3.05) is 0 Å². The van der Waals surface area contributed by atoms with Crippen LogP contribution in [0.3, 0.4) is 0 Å². The molecule has 0 saturated carbocycles. The summed E-state index contributed by atoms with van der Waals surface area (Å²) in [5, 5.41) is 7.90. The lowest BCUT2D eigenvalue weighted by Gasteiger charge is -2.15. The summed E-state index contributed by atoms with van der Waals surface area (Å²) in [5.41, 5.74) is 0.421. The van der Waals surface area contributed by atoms with Crippen molar-refractivity contribution < 1.29 is 22.4 Å². The second-order valence-corrected chi connectivity index (χ2v) is 8.58. The highest BCUT2D eigenvalue weighted by atomic mass is 19.4. The topological polar surface area (TPSA) is 81.8 Å². The van der Waals surface area contributed by atoms with Crippen LogP contribution >= 0.6 is 0 Å². The van der Waals surface area contributed by atoms with Crippen LogP contribution in [0, 0.1) is 5.82 Å². The summed E-state index contributed by atoms with van der Waals surface area (Å²) < 4.78 is 55.1. The van der Waals surface area contributed by atoms with Crippen molar-refractivity contribution in [3.05, 3.63) is 100.0 Å². The lowest BCUT2D eigenvalue weighted by Crippen LogP contribution is -2.27. The van der Waals surface area contributed by atoms with E-state index in [1.807, 2.05) is 0 Å². The third-order valence-electron chi connectivity index (χ3n) is 6.01. The van der Waals surface area contributed by atoms with Gasteiger partial charge in [-0.1, -0.05) is 0 Å². The van der Waals surface area contributed by atoms with Crippen LogP contribution in [0.1, 0.15) is 34.6 Å². The molecular weight excluding hydrogens is 490 g/mol. The molecule has 0 aliphatic carbocycles. The van der Waals surface area contributed by atoms with Crippen molar-refractivity contribution in [2.24, 2.45) is 7.05 Å². The van der Waals surface area contributed by atoms with Gasteiger partial charge >= 0.3 is 6.18 Å². The zero-order chi connectivity index (χ0) is 26.5. The molecule has 0 fully saturated rings. The highest BCUT2D eigenvalue weighted by Crippen LogP contribution is 2.31. The molecule has 0 aliphatic rings. The molecule has 0 saturated heterocycles. The number of nitrogens with one attached hydrogen (secondary N) is 1. The molecule has 37 heavy (non-hydrogen) atoms. The summed E-state index contributed by atoms with van der Waals surface area (Å²) >= 11 is 0. The van der Waals surface area contributed by atoms with E-state index in [2.05, 4.69) is 15.4 Å². The molecule has 5 aromatic rings. The molecule has 1 amide bonds. The molecule has 0 aliphatic heterocycles. The van der Waals surface area contributed by atoms with Gasteiger partial charge in [0.2, 0.25) is 0 Å². The van der Waals surface area contributed by atoms with E-state index >= 15 is 0 Å². The largest absolute Gasteiger partial charge is 0.416 e. The number of aromatic nitrogens is 4. The average molecular weight is 509 g/mol. The van der Waals surface area contributed by atoms with Gasteiger partial charge in [0.05, 0.1) is 34.4 Å². The van der Waals surface area contributed by atoms with Crippen LogP contribution in [-0.4, -0.2) is 25.2 Å². The molecule has 0 radical (unpaired) electrons. The first-order valence-corrected chi connectivity index (χ1v) is 11.1. The van der Waals surface area contributed by atoms with Crippen molar-refractivity contribution in [3.8, 4) is 5.69 Å². The summed E-state index contributed by atoms with van der Waals surface area (Å²) in [5.74, 6) is -0.924. The molecule has 11 heteroatoms. The highest BCUT2D eigenvalue weighted by molar-refractivity contribution is 6.07. The van der Waals surface area contributed by atoms with Gasteiger partial charge in [0.1, 0.15) is 11.3 Å². The monoisotopic (exact) mass is 509 g/mol. The molecular formula is C26H19F4N5O2. The van der Waals surface area contributed by atoms with Crippen LogP contribution in [0.5, 0.6) is 0 Å². The van der Waals surface area contributed by atoms with Crippen molar-refractivity contribution in [1.82, 2.24) is 24.6 Å². The Labute approximate surface area is 207 Å². The van der Waals surface area contributed by atoms with E-state index in [0.717, 1.165) is 18.3 Å². The van der Waals surface area contributed by atoms with E-state index in [-0.39, 0.29) is 16.6 Å². The normalized spacial score (nSPS) is 12.7. The zero-order valence-electron chi connectivity index (χ0n) is 19.5. The number of carbonyl (C=O) groups is 1. The number of nitrogens with zero attached hydrogens (tertiary/aromatic N) is 4.